The van der Waals surface area contributed by atoms with E-state index in [1.165, 1.54) is 36.8 Å². The predicted octanol–water partition coefficient (Wildman–Crippen LogP) is 7.70. The van der Waals surface area contributed by atoms with E-state index in [1.54, 1.807) is 0 Å². The van der Waals surface area contributed by atoms with Gasteiger partial charge in [0.2, 0.25) is 0 Å². The van der Waals surface area contributed by atoms with Gasteiger partial charge in [-0.05, 0) is 49.7 Å². The molecule has 0 aliphatic carbocycles. The summed E-state index contributed by atoms with van der Waals surface area (Å²) in [4.78, 5) is 8.68. The lowest BCUT2D eigenvalue weighted by Gasteiger charge is -2.10. The second kappa shape index (κ2) is 18.7. The number of hydrogen-bond donors (Lipinski definition) is 3. The molecule has 0 aliphatic rings. The van der Waals surface area contributed by atoms with Gasteiger partial charge in [-0.25, -0.2) is 4.98 Å². The van der Waals surface area contributed by atoms with E-state index in [1.807, 2.05) is 47.4 Å². The van der Waals surface area contributed by atoms with E-state index in [0.717, 1.165) is 49.3 Å². The molecule has 0 amide bonds. The minimum Gasteiger partial charge on any atom is -0.396 e. The molecule has 7 heteroatoms. The van der Waals surface area contributed by atoms with Gasteiger partial charge in [-0.2, -0.15) is 9.61 Å². The molecule has 0 radical (unpaired) electrons. The first kappa shape index (κ1) is 31.8. The predicted molar refractivity (Wildman–Crippen MR) is 166 cm³/mol. The summed E-state index contributed by atoms with van der Waals surface area (Å²) >= 11 is 0. The van der Waals surface area contributed by atoms with Crippen molar-refractivity contribution in [3.63, 3.8) is 0 Å². The number of aliphatic imine (C=N–C) groups is 1. The van der Waals surface area contributed by atoms with Crippen LogP contribution in [0.2, 0.25) is 0 Å². The Morgan fingerprint density at radius 3 is 2.49 bits per heavy atom. The first-order valence-corrected chi connectivity index (χ1v) is 14.4. The lowest BCUT2D eigenvalue weighted by molar-refractivity contribution is 0.282. The van der Waals surface area contributed by atoms with Crippen molar-refractivity contribution in [3.05, 3.63) is 77.6 Å². The van der Waals surface area contributed by atoms with Crippen molar-refractivity contribution >= 4 is 23.5 Å². The van der Waals surface area contributed by atoms with E-state index in [2.05, 4.69) is 72.4 Å². The maximum atomic E-state index is 8.67. The number of hydrogen-bond acceptors (Lipinski definition) is 6. The molecule has 0 saturated carbocycles. The molecule has 0 atom stereocenters. The van der Waals surface area contributed by atoms with Crippen LogP contribution in [-0.2, 0) is 6.54 Å². The summed E-state index contributed by atoms with van der Waals surface area (Å²) in [5.74, 6) is 1.72. The van der Waals surface area contributed by atoms with Gasteiger partial charge in [0.25, 0.3) is 0 Å². The maximum absolute atomic E-state index is 8.67. The standard InChI is InChI=1S/C16H19N5.C16H29NO/c1-11(2)13-10-19-21-15(8-14(17)20-16(13)21)18-9-12-6-4-3-5-7-12;1-3-5-13-17-15-16(4-2)12-10-8-6-7-9-11-14-18/h3-8,10-11,18H,9H2,1-2H3,(H2,17,20);4-5,13,15,18H,3,6-12,14H2,1-2H3/b;13-5-,16-4-,17-15-. The normalized spacial score (nSPS) is 12.0. The summed E-state index contributed by atoms with van der Waals surface area (Å²) in [6.07, 6.45) is 19.2. The van der Waals surface area contributed by atoms with Crippen LogP contribution in [0.1, 0.15) is 96.1 Å². The summed E-state index contributed by atoms with van der Waals surface area (Å²) in [5, 5.41) is 16.5. The highest BCUT2D eigenvalue weighted by Crippen LogP contribution is 2.23. The number of anilines is 2. The quantitative estimate of drug-likeness (QED) is 0.137. The molecule has 2 aromatic heterocycles. The molecular formula is C32H48N6O. The van der Waals surface area contributed by atoms with Gasteiger partial charge in [-0.15, -0.1) is 0 Å². The average molecular weight is 533 g/mol. The number of fused-ring (bicyclic) bond motifs is 1. The van der Waals surface area contributed by atoms with Gasteiger partial charge in [-0.1, -0.05) is 88.9 Å². The van der Waals surface area contributed by atoms with Gasteiger partial charge in [-0.3, -0.25) is 4.99 Å². The number of benzene rings is 1. The molecule has 3 aromatic rings. The van der Waals surface area contributed by atoms with E-state index in [9.17, 15) is 0 Å². The number of nitrogen functional groups attached to an aromatic ring is 1. The molecule has 7 nitrogen and oxygen atoms in total. The summed E-state index contributed by atoms with van der Waals surface area (Å²) in [6, 6.07) is 12.0. The van der Waals surface area contributed by atoms with Crippen LogP contribution in [0.25, 0.3) is 5.65 Å². The van der Waals surface area contributed by atoms with E-state index >= 15 is 0 Å². The van der Waals surface area contributed by atoms with Gasteiger partial charge >= 0.3 is 0 Å². The number of nitrogens with zero attached hydrogens (tertiary/aromatic N) is 4. The van der Waals surface area contributed by atoms with Crippen LogP contribution in [0.15, 0.2) is 71.5 Å². The molecule has 2 heterocycles. The number of rotatable bonds is 15. The third kappa shape index (κ3) is 11.9. The summed E-state index contributed by atoms with van der Waals surface area (Å²) in [5.41, 5.74) is 10.4. The Bertz CT molecular complexity index is 1160. The van der Waals surface area contributed by atoms with Crippen molar-refractivity contribution in [1.82, 2.24) is 14.6 Å². The first-order chi connectivity index (χ1) is 19.0. The van der Waals surface area contributed by atoms with Crippen LogP contribution in [0.4, 0.5) is 11.6 Å². The third-order valence-electron chi connectivity index (χ3n) is 6.37. The Kier molecular flexibility index (Phi) is 15.3. The van der Waals surface area contributed by atoms with E-state index in [4.69, 9.17) is 10.8 Å². The average Bonchev–Trinajstić information content (AvgIpc) is 3.37. The molecule has 0 unspecified atom stereocenters. The van der Waals surface area contributed by atoms with Crippen molar-refractivity contribution in [2.75, 3.05) is 17.7 Å². The Morgan fingerprint density at radius 2 is 1.82 bits per heavy atom. The van der Waals surface area contributed by atoms with Gasteiger partial charge in [0.1, 0.15) is 11.6 Å². The van der Waals surface area contributed by atoms with Crippen molar-refractivity contribution in [2.45, 2.75) is 91.5 Å². The monoisotopic (exact) mass is 532 g/mol. The van der Waals surface area contributed by atoms with Gasteiger partial charge in [0, 0.05) is 37.2 Å². The lowest BCUT2D eigenvalue weighted by Crippen LogP contribution is -2.07. The molecule has 0 saturated heterocycles. The number of unbranched alkanes of at least 4 members (excludes halogenated alkanes) is 5. The lowest BCUT2D eigenvalue weighted by atomic mass is 10.1. The van der Waals surface area contributed by atoms with Crippen LogP contribution in [-0.4, -0.2) is 32.5 Å². The van der Waals surface area contributed by atoms with Crippen LogP contribution in [0.5, 0.6) is 0 Å². The fourth-order valence-electron chi connectivity index (χ4n) is 4.06. The Balaban J connectivity index is 0.000000278. The SMILES string of the molecule is CC(C)c1cnn2c(NCc3ccccc3)cc(N)nc12.C\C=C(/C=N\C=C/CC)CCCCCCCCO. The molecule has 0 fully saturated rings. The Morgan fingerprint density at radius 1 is 1.10 bits per heavy atom. The van der Waals surface area contributed by atoms with E-state index in [-0.39, 0.29) is 0 Å². The molecule has 1 aromatic carbocycles. The van der Waals surface area contributed by atoms with Gasteiger partial charge in [0.05, 0.1) is 6.20 Å². The molecule has 212 valence electrons. The second-order valence-electron chi connectivity index (χ2n) is 9.93. The van der Waals surface area contributed by atoms with Crippen LogP contribution in [0, 0.1) is 0 Å². The number of nitrogens with one attached hydrogen (secondary N) is 1. The van der Waals surface area contributed by atoms with Crippen molar-refractivity contribution in [2.24, 2.45) is 4.99 Å². The van der Waals surface area contributed by atoms with Crippen molar-refractivity contribution in [1.29, 1.82) is 0 Å². The number of allylic oxidation sites excluding steroid dienone is 3. The topological polar surface area (TPSA) is 101 Å². The molecule has 0 aliphatic heterocycles. The zero-order valence-electron chi connectivity index (χ0n) is 24.3. The maximum Gasteiger partial charge on any atom is 0.163 e. The third-order valence-corrected chi connectivity index (χ3v) is 6.37. The minimum absolute atomic E-state index is 0.338. The highest BCUT2D eigenvalue weighted by atomic mass is 16.2. The smallest absolute Gasteiger partial charge is 0.163 e. The summed E-state index contributed by atoms with van der Waals surface area (Å²) in [6.45, 7) is 9.49. The van der Waals surface area contributed by atoms with Crippen LogP contribution >= 0.6 is 0 Å². The Labute approximate surface area is 235 Å². The molecular weight excluding hydrogens is 484 g/mol. The van der Waals surface area contributed by atoms with Crippen LogP contribution in [0.3, 0.4) is 0 Å². The zero-order valence-corrected chi connectivity index (χ0v) is 24.3. The fraction of sp³-hybridized carbons (Fsp3) is 0.469. The van der Waals surface area contributed by atoms with Crippen LogP contribution < -0.4 is 11.1 Å². The Hall–Kier alpha value is -3.45. The molecule has 0 spiro atoms. The van der Waals surface area contributed by atoms with Crippen molar-refractivity contribution < 1.29 is 5.11 Å². The number of nitrogens with two attached hydrogens (primary N) is 1. The minimum atomic E-state index is 0.338. The van der Waals surface area contributed by atoms with E-state index < -0.39 is 0 Å². The number of aliphatic hydroxyl groups excluding tert-OH is 1. The second-order valence-corrected chi connectivity index (χ2v) is 9.93. The summed E-state index contributed by atoms with van der Waals surface area (Å²) < 4.78 is 1.81. The number of aliphatic hydroxyl groups is 1. The molecule has 4 N–H and O–H groups in total. The van der Waals surface area contributed by atoms with Crippen molar-refractivity contribution in [3.8, 4) is 0 Å². The summed E-state index contributed by atoms with van der Waals surface area (Å²) in [7, 11) is 0. The zero-order chi connectivity index (χ0) is 28.3. The highest BCUT2D eigenvalue weighted by molar-refractivity contribution is 5.78. The number of aromatic nitrogens is 3. The molecule has 39 heavy (non-hydrogen) atoms. The highest BCUT2D eigenvalue weighted by Gasteiger charge is 2.12. The first-order valence-electron chi connectivity index (χ1n) is 14.4. The largest absolute Gasteiger partial charge is 0.396 e. The van der Waals surface area contributed by atoms with Gasteiger partial charge in [0.15, 0.2) is 5.65 Å². The van der Waals surface area contributed by atoms with Gasteiger partial charge < -0.3 is 16.2 Å². The fourth-order valence-corrected chi connectivity index (χ4v) is 4.06. The molecule has 0 bridgehead atoms. The van der Waals surface area contributed by atoms with E-state index in [0.29, 0.717) is 18.3 Å². The molecule has 3 rings (SSSR count).